The van der Waals surface area contributed by atoms with E-state index in [0.717, 1.165) is 5.56 Å². The Balaban J connectivity index is 1.73. The highest BCUT2D eigenvalue weighted by Crippen LogP contribution is 2.02. The van der Waals surface area contributed by atoms with Crippen molar-refractivity contribution in [2.75, 3.05) is 6.61 Å². The van der Waals surface area contributed by atoms with Crippen molar-refractivity contribution in [1.82, 2.24) is 9.55 Å². The number of hydrogen-bond acceptors (Lipinski definition) is 4. The lowest BCUT2D eigenvalue weighted by atomic mass is 10.2. The van der Waals surface area contributed by atoms with E-state index in [4.69, 9.17) is 4.74 Å². The first-order valence-electron chi connectivity index (χ1n) is 6.74. The topological polar surface area (TPSA) is 84.3 Å². The molecule has 1 unspecified atom stereocenters. The van der Waals surface area contributed by atoms with Gasteiger partial charge in [-0.3, -0.25) is 14.3 Å². The predicted octanol–water partition coefficient (Wildman–Crippen LogP) is 0.504. The fourth-order valence-corrected chi connectivity index (χ4v) is 1.89. The molecule has 0 saturated heterocycles. The minimum Gasteiger partial charge on any atom is -0.391 e. The van der Waals surface area contributed by atoms with Crippen LogP contribution in [0.5, 0.6) is 0 Å². The highest BCUT2D eigenvalue weighted by Gasteiger charge is 2.07. The maximum absolute atomic E-state index is 11.5. The molecule has 0 saturated carbocycles. The predicted molar refractivity (Wildman–Crippen MR) is 78.0 cm³/mol. The van der Waals surface area contributed by atoms with Gasteiger partial charge in [0.15, 0.2) is 0 Å². The maximum atomic E-state index is 11.5. The molecule has 6 heteroatoms. The molecule has 1 heterocycles. The molecule has 0 aliphatic rings. The van der Waals surface area contributed by atoms with E-state index in [2.05, 4.69) is 4.98 Å². The molecule has 0 fully saturated rings. The molecule has 2 rings (SSSR count). The molecule has 1 atom stereocenters. The minimum absolute atomic E-state index is 0.129. The molecular formula is C15H18N2O4. The summed E-state index contributed by atoms with van der Waals surface area (Å²) in [5, 5.41) is 9.86. The molecule has 6 nitrogen and oxygen atoms in total. The Morgan fingerprint density at radius 1 is 1.19 bits per heavy atom. The van der Waals surface area contributed by atoms with Crippen LogP contribution >= 0.6 is 0 Å². The number of benzene rings is 1. The number of rotatable bonds is 7. The summed E-state index contributed by atoms with van der Waals surface area (Å²) in [7, 11) is 0. The molecular weight excluding hydrogens is 272 g/mol. The summed E-state index contributed by atoms with van der Waals surface area (Å²) in [6.07, 6.45) is 1.08. The number of aliphatic hydroxyl groups excluding tert-OH is 1. The Labute approximate surface area is 121 Å². The van der Waals surface area contributed by atoms with Crippen molar-refractivity contribution < 1.29 is 9.84 Å². The summed E-state index contributed by atoms with van der Waals surface area (Å²) in [6, 6.07) is 11.0. The monoisotopic (exact) mass is 290 g/mol. The van der Waals surface area contributed by atoms with Crippen LogP contribution < -0.4 is 11.2 Å². The second kappa shape index (κ2) is 7.56. The third kappa shape index (κ3) is 5.02. The summed E-state index contributed by atoms with van der Waals surface area (Å²) in [5.74, 6) is 0. The first-order chi connectivity index (χ1) is 10.1. The summed E-state index contributed by atoms with van der Waals surface area (Å²) in [4.78, 5) is 24.5. The Bertz CT molecular complexity index is 663. The van der Waals surface area contributed by atoms with Crippen LogP contribution in [0.1, 0.15) is 12.0 Å². The first-order valence-corrected chi connectivity index (χ1v) is 6.74. The molecule has 0 radical (unpaired) electrons. The van der Waals surface area contributed by atoms with Gasteiger partial charge < -0.3 is 9.84 Å². The van der Waals surface area contributed by atoms with Gasteiger partial charge in [0.2, 0.25) is 0 Å². The van der Waals surface area contributed by atoms with E-state index >= 15 is 0 Å². The second-order valence-electron chi connectivity index (χ2n) is 4.74. The third-order valence-electron chi connectivity index (χ3n) is 3.01. The van der Waals surface area contributed by atoms with Crippen molar-refractivity contribution in [1.29, 1.82) is 0 Å². The van der Waals surface area contributed by atoms with Crippen LogP contribution in [0.25, 0.3) is 0 Å². The van der Waals surface area contributed by atoms with Crippen LogP contribution in [0, 0.1) is 0 Å². The van der Waals surface area contributed by atoms with E-state index in [9.17, 15) is 14.7 Å². The van der Waals surface area contributed by atoms with Gasteiger partial charge in [-0.2, -0.15) is 0 Å². The smallest absolute Gasteiger partial charge is 0.328 e. The van der Waals surface area contributed by atoms with Crippen LogP contribution in [-0.4, -0.2) is 27.4 Å². The Morgan fingerprint density at radius 3 is 2.67 bits per heavy atom. The van der Waals surface area contributed by atoms with Gasteiger partial charge in [0, 0.05) is 18.9 Å². The molecule has 1 aromatic carbocycles. The first kappa shape index (κ1) is 15.2. The van der Waals surface area contributed by atoms with Crippen molar-refractivity contribution in [3.63, 3.8) is 0 Å². The lowest BCUT2D eigenvalue weighted by Crippen LogP contribution is -2.32. The highest BCUT2D eigenvalue weighted by atomic mass is 16.5. The van der Waals surface area contributed by atoms with Gasteiger partial charge in [-0.05, 0) is 12.0 Å². The average molecular weight is 290 g/mol. The van der Waals surface area contributed by atoms with E-state index in [1.807, 2.05) is 30.3 Å². The Hall–Kier alpha value is -2.18. The number of aliphatic hydroxyl groups is 1. The van der Waals surface area contributed by atoms with Gasteiger partial charge in [0.1, 0.15) is 0 Å². The zero-order valence-corrected chi connectivity index (χ0v) is 11.6. The lowest BCUT2D eigenvalue weighted by Gasteiger charge is -2.12. The van der Waals surface area contributed by atoms with Crippen molar-refractivity contribution >= 4 is 0 Å². The Morgan fingerprint density at radius 2 is 1.95 bits per heavy atom. The molecule has 21 heavy (non-hydrogen) atoms. The van der Waals surface area contributed by atoms with Gasteiger partial charge >= 0.3 is 5.69 Å². The normalized spacial score (nSPS) is 12.2. The number of hydrogen-bond donors (Lipinski definition) is 2. The van der Waals surface area contributed by atoms with E-state index < -0.39 is 17.4 Å². The average Bonchev–Trinajstić information content (AvgIpc) is 2.48. The number of ether oxygens (including phenoxy) is 1. The van der Waals surface area contributed by atoms with Gasteiger partial charge in [0.25, 0.3) is 5.56 Å². The van der Waals surface area contributed by atoms with Gasteiger partial charge in [-0.25, -0.2) is 4.79 Å². The molecule has 0 spiro atoms. The standard InChI is InChI=1S/C15H18N2O4/c18-13(10-17-8-6-14(19)16-15(17)20)7-9-21-11-12-4-2-1-3-5-12/h1-6,8,13,18H,7,9-11H2,(H,16,19,20). The molecule has 0 bridgehead atoms. The van der Waals surface area contributed by atoms with Gasteiger partial charge in [-0.15, -0.1) is 0 Å². The van der Waals surface area contributed by atoms with Crippen LogP contribution in [-0.2, 0) is 17.9 Å². The van der Waals surface area contributed by atoms with E-state index in [1.165, 1.54) is 16.8 Å². The molecule has 2 N–H and O–H groups in total. The van der Waals surface area contributed by atoms with Crippen molar-refractivity contribution in [3.05, 3.63) is 69.0 Å². The quantitative estimate of drug-likeness (QED) is 0.727. The van der Waals surface area contributed by atoms with Crippen LogP contribution in [0.4, 0.5) is 0 Å². The third-order valence-corrected chi connectivity index (χ3v) is 3.01. The Kier molecular flexibility index (Phi) is 5.48. The maximum Gasteiger partial charge on any atom is 0.328 e. The van der Waals surface area contributed by atoms with Crippen LogP contribution in [0.2, 0.25) is 0 Å². The lowest BCUT2D eigenvalue weighted by molar-refractivity contribution is 0.0657. The molecule has 1 aromatic heterocycles. The van der Waals surface area contributed by atoms with Gasteiger partial charge in [-0.1, -0.05) is 30.3 Å². The number of aromatic nitrogens is 2. The molecule has 0 amide bonds. The fourth-order valence-electron chi connectivity index (χ4n) is 1.89. The van der Waals surface area contributed by atoms with E-state index in [-0.39, 0.29) is 6.54 Å². The number of H-pyrrole nitrogens is 1. The fraction of sp³-hybridized carbons (Fsp3) is 0.333. The molecule has 0 aliphatic heterocycles. The number of nitrogens with zero attached hydrogens (tertiary/aromatic N) is 1. The van der Waals surface area contributed by atoms with E-state index in [1.54, 1.807) is 0 Å². The zero-order chi connectivity index (χ0) is 15.1. The molecule has 0 aliphatic carbocycles. The molecule has 2 aromatic rings. The minimum atomic E-state index is -0.704. The van der Waals surface area contributed by atoms with Crippen LogP contribution in [0.15, 0.2) is 52.2 Å². The van der Waals surface area contributed by atoms with Crippen molar-refractivity contribution in [2.24, 2.45) is 0 Å². The summed E-state index contributed by atoms with van der Waals surface area (Å²) in [5.41, 5.74) is 0.104. The number of nitrogens with one attached hydrogen (secondary N) is 1. The zero-order valence-electron chi connectivity index (χ0n) is 11.6. The summed E-state index contributed by atoms with van der Waals surface area (Å²) < 4.78 is 6.74. The van der Waals surface area contributed by atoms with Gasteiger partial charge in [0.05, 0.1) is 19.3 Å². The SMILES string of the molecule is O=c1ccn(CC(O)CCOCc2ccccc2)c(=O)[nH]1. The molecule has 112 valence electrons. The van der Waals surface area contributed by atoms with E-state index in [0.29, 0.717) is 19.6 Å². The summed E-state index contributed by atoms with van der Waals surface area (Å²) >= 11 is 0. The van der Waals surface area contributed by atoms with Crippen molar-refractivity contribution in [2.45, 2.75) is 25.7 Å². The summed E-state index contributed by atoms with van der Waals surface area (Å²) in [6.45, 7) is 1.02. The largest absolute Gasteiger partial charge is 0.391 e. The van der Waals surface area contributed by atoms with Crippen molar-refractivity contribution in [3.8, 4) is 0 Å². The number of aromatic amines is 1. The van der Waals surface area contributed by atoms with Crippen LogP contribution in [0.3, 0.4) is 0 Å². The highest BCUT2D eigenvalue weighted by molar-refractivity contribution is 5.13. The second-order valence-corrected chi connectivity index (χ2v) is 4.74.